The van der Waals surface area contributed by atoms with Crippen LogP contribution in [0, 0.1) is 23.3 Å². The molecule has 0 aliphatic heterocycles. The van der Waals surface area contributed by atoms with Gasteiger partial charge in [-0.25, -0.2) is 17.6 Å². The molecule has 0 aromatic heterocycles. The Bertz CT molecular complexity index is 505. The maximum atomic E-state index is 13.1. The number of rotatable bonds is 0. The number of hydrogen-bond acceptors (Lipinski definition) is 0. The number of hydrogen-bond donors (Lipinski definition) is 0. The fraction of sp³-hybridized carbons (Fsp3) is 0. The third-order valence-electron chi connectivity index (χ3n) is 1.95. The molecule has 0 spiro atoms. The average molecular weight is 200 g/mol. The lowest BCUT2D eigenvalue weighted by Gasteiger charge is -2.02. The van der Waals surface area contributed by atoms with Gasteiger partial charge in [-0.05, 0) is 6.07 Å². The molecule has 0 fully saturated rings. The van der Waals surface area contributed by atoms with E-state index in [4.69, 9.17) is 0 Å². The third-order valence-corrected chi connectivity index (χ3v) is 1.95. The van der Waals surface area contributed by atoms with Crippen molar-refractivity contribution in [2.45, 2.75) is 0 Å². The summed E-state index contributed by atoms with van der Waals surface area (Å²) in [4.78, 5) is 0. The van der Waals surface area contributed by atoms with Gasteiger partial charge in [0.25, 0.3) is 0 Å². The van der Waals surface area contributed by atoms with Crippen molar-refractivity contribution in [2.75, 3.05) is 0 Å². The zero-order chi connectivity index (χ0) is 10.3. The number of fused-ring (bicyclic) bond motifs is 1. The second kappa shape index (κ2) is 2.97. The minimum absolute atomic E-state index is 0.260. The first-order valence-electron chi connectivity index (χ1n) is 3.83. The van der Waals surface area contributed by atoms with Crippen LogP contribution < -0.4 is 0 Å². The van der Waals surface area contributed by atoms with E-state index in [1.54, 1.807) is 0 Å². The molecule has 2 aromatic carbocycles. The van der Waals surface area contributed by atoms with Crippen molar-refractivity contribution < 1.29 is 17.6 Å². The van der Waals surface area contributed by atoms with E-state index in [9.17, 15) is 17.6 Å². The van der Waals surface area contributed by atoms with E-state index in [1.807, 2.05) is 0 Å². The molecular weight excluding hydrogens is 196 g/mol. The van der Waals surface area contributed by atoms with Crippen molar-refractivity contribution in [3.8, 4) is 0 Å². The highest BCUT2D eigenvalue weighted by molar-refractivity contribution is 5.84. The smallest absolute Gasteiger partial charge is 0.169 e. The van der Waals surface area contributed by atoms with Crippen molar-refractivity contribution in [2.24, 2.45) is 0 Å². The first-order valence-corrected chi connectivity index (χ1v) is 3.83. The Labute approximate surface area is 76.8 Å². The van der Waals surface area contributed by atoms with Crippen molar-refractivity contribution in [3.05, 3.63) is 47.5 Å². The van der Waals surface area contributed by atoms with Gasteiger partial charge in [0, 0.05) is 11.5 Å². The van der Waals surface area contributed by atoms with Gasteiger partial charge in [0.1, 0.15) is 11.6 Å². The lowest BCUT2D eigenvalue weighted by Crippen LogP contribution is -1.93. The Hall–Kier alpha value is -1.58. The molecule has 2 aromatic rings. The van der Waals surface area contributed by atoms with Crippen LogP contribution in [0.4, 0.5) is 17.6 Å². The Kier molecular flexibility index (Phi) is 1.91. The first kappa shape index (κ1) is 8.99. The van der Waals surface area contributed by atoms with Crippen LogP contribution in [-0.4, -0.2) is 0 Å². The fourth-order valence-electron chi connectivity index (χ4n) is 1.32. The highest BCUT2D eigenvalue weighted by atomic mass is 19.2. The van der Waals surface area contributed by atoms with Crippen LogP contribution in [-0.2, 0) is 0 Å². The molecule has 4 heteroatoms. The van der Waals surface area contributed by atoms with Crippen LogP contribution in [0.2, 0.25) is 0 Å². The number of benzene rings is 2. The second-order valence-corrected chi connectivity index (χ2v) is 2.82. The molecular formula is C10H4F4. The minimum Gasteiger partial charge on any atom is -0.206 e. The van der Waals surface area contributed by atoms with E-state index in [-0.39, 0.29) is 5.39 Å². The summed E-state index contributed by atoms with van der Waals surface area (Å²) in [5.74, 6) is -4.70. The zero-order valence-electron chi connectivity index (χ0n) is 6.82. The van der Waals surface area contributed by atoms with Gasteiger partial charge < -0.3 is 0 Å². The van der Waals surface area contributed by atoms with Gasteiger partial charge in [0.05, 0.1) is 5.39 Å². The van der Waals surface area contributed by atoms with Crippen LogP contribution in [0.5, 0.6) is 0 Å². The SMILES string of the molecule is Fc1cc(F)c2cccc(F)c2c1F. The van der Waals surface area contributed by atoms with Crippen molar-refractivity contribution in [1.82, 2.24) is 0 Å². The predicted molar refractivity (Wildman–Crippen MR) is 43.8 cm³/mol. The van der Waals surface area contributed by atoms with Gasteiger partial charge in [0.2, 0.25) is 0 Å². The monoisotopic (exact) mass is 200 g/mol. The Morgan fingerprint density at radius 2 is 1.50 bits per heavy atom. The summed E-state index contributed by atoms with van der Waals surface area (Å²) >= 11 is 0. The van der Waals surface area contributed by atoms with Crippen molar-refractivity contribution in [1.29, 1.82) is 0 Å². The molecule has 72 valence electrons. The van der Waals surface area contributed by atoms with Crippen LogP contribution in [0.15, 0.2) is 24.3 Å². The summed E-state index contributed by atoms with van der Waals surface area (Å²) in [6, 6.07) is 3.77. The van der Waals surface area contributed by atoms with Gasteiger partial charge in [-0.15, -0.1) is 0 Å². The van der Waals surface area contributed by atoms with Gasteiger partial charge in [-0.1, -0.05) is 12.1 Å². The van der Waals surface area contributed by atoms with Crippen LogP contribution in [0.1, 0.15) is 0 Å². The molecule has 0 heterocycles. The van der Waals surface area contributed by atoms with Gasteiger partial charge in [-0.2, -0.15) is 0 Å². The van der Waals surface area contributed by atoms with Crippen molar-refractivity contribution in [3.63, 3.8) is 0 Å². The van der Waals surface area contributed by atoms with E-state index in [2.05, 4.69) is 0 Å². The van der Waals surface area contributed by atoms with E-state index in [0.29, 0.717) is 6.07 Å². The highest BCUT2D eigenvalue weighted by Crippen LogP contribution is 2.25. The fourth-order valence-corrected chi connectivity index (χ4v) is 1.32. The molecule has 0 bridgehead atoms. The quantitative estimate of drug-likeness (QED) is 0.451. The summed E-state index contributed by atoms with van der Waals surface area (Å²) in [5.41, 5.74) is 0. The number of halogens is 4. The first-order chi connectivity index (χ1) is 6.61. The second-order valence-electron chi connectivity index (χ2n) is 2.82. The standard InChI is InChI=1S/C10H4F4/c11-6-3-1-2-5-7(12)4-8(13)10(14)9(5)6/h1-4H. The summed E-state index contributed by atoms with van der Waals surface area (Å²) in [5, 5.41) is -0.908. The molecule has 0 nitrogen and oxygen atoms in total. The molecule has 0 amide bonds. The molecule has 0 radical (unpaired) electrons. The average Bonchev–Trinajstić information content (AvgIpc) is 2.14. The topological polar surface area (TPSA) is 0 Å². The summed E-state index contributed by atoms with van der Waals surface area (Å²) in [6.45, 7) is 0. The van der Waals surface area contributed by atoms with Crippen molar-refractivity contribution >= 4 is 10.8 Å². The predicted octanol–water partition coefficient (Wildman–Crippen LogP) is 3.40. The Balaban J connectivity index is 3.03. The van der Waals surface area contributed by atoms with E-state index >= 15 is 0 Å². The maximum absolute atomic E-state index is 13.1. The van der Waals surface area contributed by atoms with E-state index in [0.717, 1.165) is 6.07 Å². The van der Waals surface area contributed by atoms with Crippen LogP contribution in [0.25, 0.3) is 10.8 Å². The molecule has 2 rings (SSSR count). The third kappa shape index (κ3) is 1.14. The van der Waals surface area contributed by atoms with Gasteiger partial charge in [0.15, 0.2) is 11.6 Å². The summed E-state index contributed by atoms with van der Waals surface area (Å²) < 4.78 is 51.8. The Morgan fingerprint density at radius 3 is 2.21 bits per heavy atom. The maximum Gasteiger partial charge on any atom is 0.169 e. The molecule has 0 atom stereocenters. The molecule has 14 heavy (non-hydrogen) atoms. The lowest BCUT2D eigenvalue weighted by molar-refractivity contribution is 0.501. The molecule has 0 aliphatic carbocycles. The largest absolute Gasteiger partial charge is 0.206 e. The highest BCUT2D eigenvalue weighted by Gasteiger charge is 2.14. The van der Waals surface area contributed by atoms with Crippen LogP contribution >= 0.6 is 0 Å². The Morgan fingerprint density at radius 1 is 0.786 bits per heavy atom. The molecule has 0 aliphatic rings. The minimum atomic E-state index is -1.39. The normalized spacial score (nSPS) is 10.9. The zero-order valence-corrected chi connectivity index (χ0v) is 6.82. The molecule has 0 saturated carbocycles. The van der Waals surface area contributed by atoms with E-state index in [1.165, 1.54) is 12.1 Å². The lowest BCUT2D eigenvalue weighted by atomic mass is 10.1. The van der Waals surface area contributed by atoms with Crippen LogP contribution in [0.3, 0.4) is 0 Å². The van der Waals surface area contributed by atoms with Gasteiger partial charge >= 0.3 is 0 Å². The summed E-state index contributed by atoms with van der Waals surface area (Å²) in [7, 11) is 0. The van der Waals surface area contributed by atoms with Gasteiger partial charge in [-0.3, -0.25) is 0 Å². The molecule has 0 saturated heterocycles. The molecule has 0 unspecified atom stereocenters. The summed E-state index contributed by atoms with van der Waals surface area (Å²) in [6.07, 6.45) is 0. The molecule has 0 N–H and O–H groups in total. The van der Waals surface area contributed by atoms with E-state index < -0.39 is 28.7 Å².